The Kier molecular flexibility index (Phi) is 3.23. The van der Waals surface area contributed by atoms with Crippen LogP contribution < -0.4 is 4.74 Å². The molecule has 2 aromatic carbocycles. The zero-order valence-electron chi connectivity index (χ0n) is 8.27. The van der Waals surface area contributed by atoms with Crippen molar-refractivity contribution in [3.05, 3.63) is 58.6 Å². The molecule has 2 aromatic rings. The fourth-order valence-corrected chi connectivity index (χ4v) is 1.57. The molecule has 0 atom stereocenters. The Morgan fingerprint density at radius 2 is 1.88 bits per heavy atom. The van der Waals surface area contributed by atoms with Crippen molar-refractivity contribution < 1.29 is 4.74 Å². The third-order valence-electron chi connectivity index (χ3n) is 1.96. The Balaban J connectivity index is 2.18. The molecule has 3 heteroatoms. The van der Waals surface area contributed by atoms with Gasteiger partial charge in [-0.15, -0.1) is 0 Å². The number of benzene rings is 2. The molecule has 0 saturated carbocycles. The molecule has 2 nitrogen and oxygen atoms in total. The summed E-state index contributed by atoms with van der Waals surface area (Å²) in [4.78, 5) is 0. The summed E-state index contributed by atoms with van der Waals surface area (Å²) in [7, 11) is 0. The van der Waals surface area contributed by atoms with Gasteiger partial charge in [-0.3, -0.25) is 0 Å². The predicted molar refractivity (Wildman–Crippen MR) is 64.2 cm³/mol. The van der Waals surface area contributed by atoms with E-state index in [1.54, 1.807) is 30.3 Å². The first kappa shape index (κ1) is 10.7. The first-order valence-corrected chi connectivity index (χ1v) is 5.42. The van der Waals surface area contributed by atoms with Crippen molar-refractivity contribution in [2.45, 2.75) is 0 Å². The number of halogens is 1. The number of nitriles is 1. The maximum absolute atomic E-state index is 8.65. The highest BCUT2D eigenvalue weighted by Crippen LogP contribution is 2.24. The summed E-state index contributed by atoms with van der Waals surface area (Å²) in [6.45, 7) is 0. The lowest BCUT2D eigenvalue weighted by atomic mass is 10.2. The van der Waals surface area contributed by atoms with Crippen molar-refractivity contribution in [1.82, 2.24) is 0 Å². The summed E-state index contributed by atoms with van der Waals surface area (Å²) in [5.74, 6) is 1.44. The van der Waals surface area contributed by atoms with Crippen molar-refractivity contribution in [3.8, 4) is 17.6 Å². The van der Waals surface area contributed by atoms with Gasteiger partial charge in [-0.05, 0) is 48.5 Å². The molecule has 0 N–H and O–H groups in total. The molecule has 2 rings (SSSR count). The average molecular weight is 273 g/mol. The highest BCUT2D eigenvalue weighted by Gasteiger charge is 1.98. The highest BCUT2D eigenvalue weighted by molar-refractivity contribution is 9.10. The minimum absolute atomic E-state index is 0.620. The topological polar surface area (TPSA) is 33.0 Å². The van der Waals surface area contributed by atoms with Gasteiger partial charge in [-0.1, -0.05) is 15.9 Å². The lowest BCUT2D eigenvalue weighted by Gasteiger charge is -2.05. The predicted octanol–water partition coefficient (Wildman–Crippen LogP) is 3.91. The van der Waals surface area contributed by atoms with Gasteiger partial charge in [0.05, 0.1) is 11.6 Å². The molecule has 0 amide bonds. The Morgan fingerprint density at radius 3 is 2.50 bits per heavy atom. The molecular weight excluding hydrogens is 266 g/mol. The van der Waals surface area contributed by atoms with Crippen LogP contribution in [0.1, 0.15) is 5.56 Å². The van der Waals surface area contributed by atoms with Crippen LogP contribution in [0.4, 0.5) is 0 Å². The van der Waals surface area contributed by atoms with Crippen LogP contribution >= 0.6 is 15.9 Å². The molecule has 1 radical (unpaired) electrons. The van der Waals surface area contributed by atoms with Gasteiger partial charge in [-0.2, -0.15) is 5.26 Å². The van der Waals surface area contributed by atoms with E-state index in [1.807, 2.05) is 12.1 Å². The zero-order chi connectivity index (χ0) is 11.4. The van der Waals surface area contributed by atoms with Gasteiger partial charge in [0.2, 0.25) is 0 Å². The molecule has 0 aromatic heterocycles. The third-order valence-corrected chi connectivity index (χ3v) is 2.41. The molecule has 16 heavy (non-hydrogen) atoms. The van der Waals surface area contributed by atoms with Gasteiger partial charge in [0.15, 0.2) is 0 Å². The summed E-state index contributed by atoms with van der Waals surface area (Å²) < 4.78 is 6.45. The summed E-state index contributed by atoms with van der Waals surface area (Å²) >= 11 is 3.32. The summed E-state index contributed by atoms with van der Waals surface area (Å²) in [5, 5.41) is 8.65. The van der Waals surface area contributed by atoms with Crippen molar-refractivity contribution in [1.29, 1.82) is 5.26 Å². The molecule has 0 saturated heterocycles. The summed E-state index contributed by atoms with van der Waals surface area (Å²) in [6.07, 6.45) is 0. The molecule has 0 heterocycles. The van der Waals surface area contributed by atoms with E-state index in [-0.39, 0.29) is 0 Å². The molecule has 0 unspecified atom stereocenters. The minimum atomic E-state index is 0.620. The number of hydrogen-bond donors (Lipinski definition) is 0. The first-order chi connectivity index (χ1) is 7.78. The van der Waals surface area contributed by atoms with E-state index >= 15 is 0 Å². The fraction of sp³-hybridized carbons (Fsp3) is 0. The third kappa shape index (κ3) is 2.62. The number of hydrogen-bond acceptors (Lipinski definition) is 2. The van der Waals surface area contributed by atoms with Crippen LogP contribution in [0.15, 0.2) is 46.9 Å². The molecule has 0 aliphatic heterocycles. The maximum Gasteiger partial charge on any atom is 0.128 e. The van der Waals surface area contributed by atoms with E-state index in [0.29, 0.717) is 11.3 Å². The molecule has 0 fully saturated rings. The van der Waals surface area contributed by atoms with E-state index in [0.717, 1.165) is 10.2 Å². The SMILES string of the molecule is N#Cc1ccc(Oc2cc[c]c(Br)c2)cc1. The lowest BCUT2D eigenvalue weighted by molar-refractivity contribution is 0.482. The fourth-order valence-electron chi connectivity index (χ4n) is 1.22. The smallest absolute Gasteiger partial charge is 0.128 e. The molecule has 0 spiro atoms. The second-order valence-electron chi connectivity index (χ2n) is 3.11. The Hall–Kier alpha value is -1.79. The number of ether oxygens (including phenoxy) is 1. The van der Waals surface area contributed by atoms with Crippen molar-refractivity contribution in [2.24, 2.45) is 0 Å². The normalized spacial score (nSPS) is 9.50. The largest absolute Gasteiger partial charge is 0.457 e. The van der Waals surface area contributed by atoms with E-state index in [4.69, 9.17) is 10.00 Å². The van der Waals surface area contributed by atoms with Crippen LogP contribution in [0.25, 0.3) is 0 Å². The first-order valence-electron chi connectivity index (χ1n) is 4.63. The van der Waals surface area contributed by atoms with Crippen LogP contribution in [0.3, 0.4) is 0 Å². The molecule has 0 aliphatic rings. The number of nitrogens with zero attached hydrogens (tertiary/aromatic N) is 1. The van der Waals surface area contributed by atoms with E-state index in [9.17, 15) is 0 Å². The van der Waals surface area contributed by atoms with E-state index in [2.05, 4.69) is 28.1 Å². The van der Waals surface area contributed by atoms with Crippen LogP contribution in [-0.2, 0) is 0 Å². The van der Waals surface area contributed by atoms with Gasteiger partial charge < -0.3 is 4.74 Å². The standard InChI is InChI=1S/C13H7BrNO/c14-11-2-1-3-13(8-11)16-12-6-4-10(9-15)5-7-12/h1,3-8H. The quantitative estimate of drug-likeness (QED) is 0.831. The van der Waals surface area contributed by atoms with Gasteiger partial charge in [0.1, 0.15) is 11.5 Å². The second-order valence-corrected chi connectivity index (χ2v) is 3.96. The average Bonchev–Trinajstić information content (AvgIpc) is 2.30. The van der Waals surface area contributed by atoms with Crippen molar-refractivity contribution >= 4 is 15.9 Å². The van der Waals surface area contributed by atoms with Gasteiger partial charge in [-0.25, -0.2) is 0 Å². The monoisotopic (exact) mass is 272 g/mol. The highest BCUT2D eigenvalue weighted by atomic mass is 79.9. The van der Waals surface area contributed by atoms with Crippen LogP contribution in [-0.4, -0.2) is 0 Å². The molecular formula is C13H7BrNO. The van der Waals surface area contributed by atoms with E-state index < -0.39 is 0 Å². The Morgan fingerprint density at radius 1 is 1.12 bits per heavy atom. The van der Waals surface area contributed by atoms with E-state index in [1.165, 1.54) is 0 Å². The second kappa shape index (κ2) is 4.82. The molecule has 0 aliphatic carbocycles. The number of rotatable bonds is 2. The van der Waals surface area contributed by atoms with Crippen molar-refractivity contribution in [3.63, 3.8) is 0 Å². The zero-order valence-corrected chi connectivity index (χ0v) is 9.86. The lowest BCUT2D eigenvalue weighted by Crippen LogP contribution is -1.84. The van der Waals surface area contributed by atoms with Gasteiger partial charge >= 0.3 is 0 Å². The van der Waals surface area contributed by atoms with Crippen LogP contribution in [0, 0.1) is 17.4 Å². The van der Waals surface area contributed by atoms with Crippen LogP contribution in [0.2, 0.25) is 0 Å². The summed E-state index contributed by atoms with van der Waals surface area (Å²) in [6, 6.07) is 17.4. The minimum Gasteiger partial charge on any atom is -0.457 e. The summed E-state index contributed by atoms with van der Waals surface area (Å²) in [5.41, 5.74) is 0.620. The van der Waals surface area contributed by atoms with Crippen LogP contribution in [0.5, 0.6) is 11.5 Å². The van der Waals surface area contributed by atoms with Gasteiger partial charge in [0, 0.05) is 4.47 Å². The maximum atomic E-state index is 8.65. The Bertz CT molecular complexity index is 528. The Labute approximate surface area is 102 Å². The van der Waals surface area contributed by atoms with Crippen molar-refractivity contribution in [2.75, 3.05) is 0 Å². The van der Waals surface area contributed by atoms with Gasteiger partial charge in [0.25, 0.3) is 0 Å². The molecule has 0 bridgehead atoms. The molecule has 77 valence electrons.